The third-order valence-corrected chi connectivity index (χ3v) is 2.02. The van der Waals surface area contributed by atoms with Gasteiger partial charge in [0.1, 0.15) is 0 Å². The van der Waals surface area contributed by atoms with Crippen LogP contribution >= 0.6 is 0 Å². The summed E-state index contributed by atoms with van der Waals surface area (Å²) in [6.45, 7) is 8.21. The first-order valence-electron chi connectivity index (χ1n) is 4.20. The molecule has 0 aliphatic rings. The second-order valence-corrected chi connectivity index (χ2v) is 3.33. The van der Waals surface area contributed by atoms with Crippen molar-refractivity contribution in [3.8, 4) is 6.07 Å². The summed E-state index contributed by atoms with van der Waals surface area (Å²) < 4.78 is 0. The fourth-order valence-electron chi connectivity index (χ4n) is 0.866. The van der Waals surface area contributed by atoms with Gasteiger partial charge in [0, 0.05) is 6.54 Å². The summed E-state index contributed by atoms with van der Waals surface area (Å²) in [4.78, 5) is 2.17. The van der Waals surface area contributed by atoms with Crippen molar-refractivity contribution in [2.24, 2.45) is 11.8 Å². The lowest BCUT2D eigenvalue weighted by atomic mass is 9.97. The molecule has 1 unspecified atom stereocenters. The van der Waals surface area contributed by atoms with E-state index >= 15 is 0 Å². The largest absolute Gasteiger partial charge is 0.305 e. The van der Waals surface area contributed by atoms with Gasteiger partial charge in [0.2, 0.25) is 0 Å². The molecular formula is C9H18N2. The Hall–Kier alpha value is -0.550. The van der Waals surface area contributed by atoms with Crippen molar-refractivity contribution in [1.29, 1.82) is 5.26 Å². The summed E-state index contributed by atoms with van der Waals surface area (Å²) in [6, 6.07) is 2.33. The van der Waals surface area contributed by atoms with Crippen molar-refractivity contribution in [3.05, 3.63) is 0 Å². The third-order valence-electron chi connectivity index (χ3n) is 2.02. The molecule has 0 aromatic rings. The smallest absolute Gasteiger partial charge is 0.0671 e. The van der Waals surface area contributed by atoms with Crippen LogP contribution in [0.15, 0.2) is 0 Å². The van der Waals surface area contributed by atoms with Crippen LogP contribution in [0.1, 0.15) is 20.8 Å². The SMILES string of the molecule is CCN(C)CC(C#N)C(C)C. The molecule has 0 spiro atoms. The maximum Gasteiger partial charge on any atom is 0.0671 e. The molecule has 0 heterocycles. The maximum atomic E-state index is 8.76. The van der Waals surface area contributed by atoms with Crippen LogP contribution in [0.25, 0.3) is 0 Å². The summed E-state index contributed by atoms with van der Waals surface area (Å²) in [5, 5.41) is 8.76. The highest BCUT2D eigenvalue weighted by Gasteiger charge is 2.13. The molecule has 1 atom stereocenters. The Balaban J connectivity index is 3.80. The van der Waals surface area contributed by atoms with Gasteiger partial charge in [-0.15, -0.1) is 0 Å². The van der Waals surface area contributed by atoms with Gasteiger partial charge >= 0.3 is 0 Å². The molecule has 0 bridgehead atoms. The van der Waals surface area contributed by atoms with E-state index in [1.54, 1.807) is 0 Å². The maximum absolute atomic E-state index is 8.76. The van der Waals surface area contributed by atoms with E-state index in [4.69, 9.17) is 5.26 Å². The lowest BCUT2D eigenvalue weighted by molar-refractivity contribution is 0.283. The Morgan fingerprint density at radius 3 is 2.27 bits per heavy atom. The van der Waals surface area contributed by atoms with E-state index in [2.05, 4.69) is 31.7 Å². The Morgan fingerprint density at radius 2 is 2.00 bits per heavy atom. The molecule has 0 amide bonds. The van der Waals surface area contributed by atoms with Crippen LogP contribution < -0.4 is 0 Å². The van der Waals surface area contributed by atoms with Crippen molar-refractivity contribution in [3.63, 3.8) is 0 Å². The van der Waals surface area contributed by atoms with Gasteiger partial charge in [0.05, 0.1) is 12.0 Å². The van der Waals surface area contributed by atoms with Crippen LogP contribution in [-0.4, -0.2) is 25.0 Å². The van der Waals surface area contributed by atoms with Gasteiger partial charge in [-0.2, -0.15) is 5.26 Å². The van der Waals surface area contributed by atoms with Crippen LogP contribution in [0.2, 0.25) is 0 Å². The Kier molecular flexibility index (Phi) is 4.89. The molecule has 0 aromatic carbocycles. The van der Waals surface area contributed by atoms with Crippen molar-refractivity contribution >= 4 is 0 Å². The fourth-order valence-corrected chi connectivity index (χ4v) is 0.866. The van der Waals surface area contributed by atoms with E-state index in [0.29, 0.717) is 5.92 Å². The first-order chi connectivity index (χ1) is 5.11. The van der Waals surface area contributed by atoms with Crippen LogP contribution in [0.4, 0.5) is 0 Å². The molecule has 64 valence electrons. The monoisotopic (exact) mass is 154 g/mol. The van der Waals surface area contributed by atoms with E-state index in [0.717, 1.165) is 13.1 Å². The van der Waals surface area contributed by atoms with Gasteiger partial charge in [0.25, 0.3) is 0 Å². The molecule has 0 aromatic heterocycles. The van der Waals surface area contributed by atoms with Crippen molar-refractivity contribution < 1.29 is 0 Å². The van der Waals surface area contributed by atoms with E-state index in [9.17, 15) is 0 Å². The van der Waals surface area contributed by atoms with Crippen LogP contribution in [0, 0.1) is 23.2 Å². The zero-order chi connectivity index (χ0) is 8.85. The predicted octanol–water partition coefficient (Wildman–Crippen LogP) is 1.73. The summed E-state index contributed by atoms with van der Waals surface area (Å²) in [5.74, 6) is 0.647. The first kappa shape index (κ1) is 10.4. The molecule has 2 nitrogen and oxygen atoms in total. The van der Waals surface area contributed by atoms with Crippen molar-refractivity contribution in [2.75, 3.05) is 20.1 Å². The molecule has 0 saturated heterocycles. The van der Waals surface area contributed by atoms with Gasteiger partial charge in [-0.05, 0) is 19.5 Å². The molecule has 0 fully saturated rings. The molecule has 0 aliphatic heterocycles. The minimum absolute atomic E-state index is 0.181. The van der Waals surface area contributed by atoms with Crippen LogP contribution in [-0.2, 0) is 0 Å². The molecular weight excluding hydrogens is 136 g/mol. The Labute approximate surface area is 69.8 Å². The zero-order valence-corrected chi connectivity index (χ0v) is 7.96. The second kappa shape index (κ2) is 5.15. The van der Waals surface area contributed by atoms with Crippen LogP contribution in [0.5, 0.6) is 0 Å². The van der Waals surface area contributed by atoms with Gasteiger partial charge in [-0.1, -0.05) is 20.8 Å². The van der Waals surface area contributed by atoms with E-state index in [1.165, 1.54) is 0 Å². The summed E-state index contributed by atoms with van der Waals surface area (Å²) in [7, 11) is 2.05. The molecule has 0 radical (unpaired) electrons. The number of hydrogen-bond acceptors (Lipinski definition) is 2. The average Bonchev–Trinajstić information content (AvgIpc) is 1.99. The molecule has 0 saturated carbocycles. The van der Waals surface area contributed by atoms with Crippen LogP contribution in [0.3, 0.4) is 0 Å². The third kappa shape index (κ3) is 4.00. The summed E-state index contributed by atoms with van der Waals surface area (Å²) in [5.41, 5.74) is 0. The van der Waals surface area contributed by atoms with Crippen molar-refractivity contribution in [1.82, 2.24) is 4.90 Å². The lowest BCUT2D eigenvalue weighted by Crippen LogP contribution is -2.27. The number of nitriles is 1. The highest BCUT2D eigenvalue weighted by molar-refractivity contribution is 4.86. The fraction of sp³-hybridized carbons (Fsp3) is 0.889. The number of nitrogens with zero attached hydrogens (tertiary/aromatic N) is 2. The van der Waals surface area contributed by atoms with E-state index in [1.807, 2.05) is 7.05 Å². The van der Waals surface area contributed by atoms with Gasteiger partial charge < -0.3 is 4.90 Å². The summed E-state index contributed by atoms with van der Waals surface area (Å²) >= 11 is 0. The summed E-state index contributed by atoms with van der Waals surface area (Å²) in [6.07, 6.45) is 0. The minimum atomic E-state index is 0.181. The average molecular weight is 154 g/mol. The molecule has 0 N–H and O–H groups in total. The van der Waals surface area contributed by atoms with Gasteiger partial charge in [0.15, 0.2) is 0 Å². The van der Waals surface area contributed by atoms with Crippen molar-refractivity contribution in [2.45, 2.75) is 20.8 Å². The minimum Gasteiger partial charge on any atom is -0.305 e. The lowest BCUT2D eigenvalue weighted by Gasteiger charge is -2.19. The Morgan fingerprint density at radius 1 is 1.45 bits per heavy atom. The molecule has 11 heavy (non-hydrogen) atoms. The topological polar surface area (TPSA) is 27.0 Å². The predicted molar refractivity (Wildman–Crippen MR) is 47.1 cm³/mol. The van der Waals surface area contributed by atoms with Gasteiger partial charge in [-0.25, -0.2) is 0 Å². The quantitative estimate of drug-likeness (QED) is 0.616. The molecule has 0 rings (SSSR count). The van der Waals surface area contributed by atoms with E-state index < -0.39 is 0 Å². The molecule has 2 heteroatoms. The molecule has 0 aliphatic carbocycles. The normalized spacial score (nSPS) is 13.5. The highest BCUT2D eigenvalue weighted by atomic mass is 15.1. The Bertz CT molecular complexity index is 135. The first-order valence-corrected chi connectivity index (χ1v) is 4.20. The second-order valence-electron chi connectivity index (χ2n) is 3.33. The number of rotatable bonds is 4. The zero-order valence-electron chi connectivity index (χ0n) is 7.96. The number of hydrogen-bond donors (Lipinski definition) is 0. The van der Waals surface area contributed by atoms with Gasteiger partial charge in [-0.3, -0.25) is 0 Å². The van der Waals surface area contributed by atoms with E-state index in [-0.39, 0.29) is 5.92 Å². The standard InChI is InChI=1S/C9H18N2/c1-5-11(4)7-9(6-10)8(2)3/h8-9H,5,7H2,1-4H3. The highest BCUT2D eigenvalue weighted by Crippen LogP contribution is 2.10.